The number of likely N-dealkylation sites (tertiary alicyclic amines) is 1. The molecule has 3 unspecified atom stereocenters. The molecule has 3 heteroatoms. The van der Waals surface area contributed by atoms with E-state index in [2.05, 4.69) is 24.5 Å². The molecule has 0 radical (unpaired) electrons. The summed E-state index contributed by atoms with van der Waals surface area (Å²) in [5.74, 6) is 1.54. The third kappa shape index (κ3) is 1.78. The molecule has 0 aliphatic carbocycles. The van der Waals surface area contributed by atoms with Crippen molar-refractivity contribution in [1.29, 1.82) is 0 Å². The van der Waals surface area contributed by atoms with Crippen LogP contribution in [0.2, 0.25) is 0 Å². The second-order valence-electron chi connectivity index (χ2n) is 4.09. The van der Waals surface area contributed by atoms with Crippen molar-refractivity contribution in [1.82, 2.24) is 4.90 Å². The number of hydrogen-bond donors (Lipinski definition) is 1. The third-order valence-electron chi connectivity index (χ3n) is 2.89. The molecule has 2 nitrogen and oxygen atoms in total. The molecule has 0 aromatic heterocycles. The average Bonchev–Trinajstić information content (AvgIpc) is 2.03. The molecule has 0 amide bonds. The van der Waals surface area contributed by atoms with Crippen LogP contribution in [-0.2, 0) is 4.74 Å². The molecule has 2 bridgehead atoms. The van der Waals surface area contributed by atoms with Crippen molar-refractivity contribution < 1.29 is 4.74 Å². The molecule has 0 N–H and O–H groups in total. The average molecular weight is 187 g/mol. The number of rotatable bonds is 1. The van der Waals surface area contributed by atoms with E-state index in [0.717, 1.165) is 25.0 Å². The Morgan fingerprint density at radius 1 is 1.33 bits per heavy atom. The van der Waals surface area contributed by atoms with Gasteiger partial charge in [-0.25, -0.2) is 0 Å². The number of piperidine rings is 1. The normalized spacial score (nSPS) is 39.5. The summed E-state index contributed by atoms with van der Waals surface area (Å²) in [5.41, 5.74) is 0. The molecule has 2 fully saturated rings. The van der Waals surface area contributed by atoms with Crippen molar-refractivity contribution >= 4 is 12.6 Å². The quantitative estimate of drug-likeness (QED) is 0.620. The molecule has 3 atom stereocenters. The molecule has 2 heterocycles. The number of thiol groups is 1. The van der Waals surface area contributed by atoms with Gasteiger partial charge in [0.15, 0.2) is 0 Å². The highest BCUT2D eigenvalue weighted by Crippen LogP contribution is 2.28. The first kappa shape index (κ1) is 8.85. The smallest absolute Gasteiger partial charge is 0.0506 e. The van der Waals surface area contributed by atoms with Crippen LogP contribution in [0.5, 0.6) is 0 Å². The highest BCUT2D eigenvalue weighted by molar-refractivity contribution is 7.80. The Labute approximate surface area is 79.7 Å². The standard InChI is InChI=1S/C9H17NOS/c1-7(12)10-3-8-2-9(4-10)6-11-5-8/h7-9,12H,2-6H2,1H3. The lowest BCUT2D eigenvalue weighted by molar-refractivity contribution is -0.0417. The van der Waals surface area contributed by atoms with E-state index in [4.69, 9.17) is 4.74 Å². The Bertz CT molecular complexity index is 151. The van der Waals surface area contributed by atoms with E-state index in [0.29, 0.717) is 5.37 Å². The zero-order valence-corrected chi connectivity index (χ0v) is 8.46. The van der Waals surface area contributed by atoms with E-state index < -0.39 is 0 Å². The second kappa shape index (κ2) is 3.56. The summed E-state index contributed by atoms with van der Waals surface area (Å²) in [6.45, 7) is 6.45. The summed E-state index contributed by atoms with van der Waals surface area (Å²) in [4.78, 5) is 2.46. The van der Waals surface area contributed by atoms with Gasteiger partial charge < -0.3 is 4.74 Å². The van der Waals surface area contributed by atoms with Crippen LogP contribution in [0.4, 0.5) is 0 Å². The van der Waals surface area contributed by atoms with E-state index in [1.165, 1.54) is 19.5 Å². The Kier molecular flexibility index (Phi) is 2.63. The van der Waals surface area contributed by atoms with Crippen LogP contribution >= 0.6 is 12.6 Å². The molecule has 70 valence electrons. The van der Waals surface area contributed by atoms with Crippen molar-refractivity contribution in [2.24, 2.45) is 11.8 Å². The van der Waals surface area contributed by atoms with Gasteiger partial charge in [0, 0.05) is 18.5 Å². The molecule has 0 aromatic carbocycles. The second-order valence-corrected chi connectivity index (χ2v) is 4.84. The first-order chi connectivity index (χ1) is 5.75. The minimum absolute atomic E-state index is 0.411. The van der Waals surface area contributed by atoms with Crippen LogP contribution in [0, 0.1) is 11.8 Å². The summed E-state index contributed by atoms with van der Waals surface area (Å²) in [7, 11) is 0. The topological polar surface area (TPSA) is 12.5 Å². The molecule has 2 saturated heterocycles. The number of fused-ring (bicyclic) bond motifs is 2. The summed E-state index contributed by atoms with van der Waals surface area (Å²) in [6.07, 6.45) is 1.37. The third-order valence-corrected chi connectivity index (χ3v) is 3.21. The van der Waals surface area contributed by atoms with E-state index in [1.54, 1.807) is 0 Å². The molecule has 12 heavy (non-hydrogen) atoms. The van der Waals surface area contributed by atoms with Gasteiger partial charge in [-0.2, -0.15) is 12.6 Å². The van der Waals surface area contributed by atoms with Gasteiger partial charge in [-0.05, 0) is 25.2 Å². The Balaban J connectivity index is 1.96. The first-order valence-corrected chi connectivity index (χ1v) is 5.27. The molecule has 2 rings (SSSR count). The lowest BCUT2D eigenvalue weighted by Crippen LogP contribution is -2.48. The highest BCUT2D eigenvalue weighted by atomic mass is 32.1. The number of nitrogens with zero attached hydrogens (tertiary/aromatic N) is 1. The lowest BCUT2D eigenvalue weighted by atomic mass is 9.88. The van der Waals surface area contributed by atoms with E-state index >= 15 is 0 Å². The van der Waals surface area contributed by atoms with Gasteiger partial charge in [0.1, 0.15) is 0 Å². The summed E-state index contributed by atoms with van der Waals surface area (Å²) < 4.78 is 5.51. The van der Waals surface area contributed by atoms with E-state index in [9.17, 15) is 0 Å². The maximum Gasteiger partial charge on any atom is 0.0506 e. The van der Waals surface area contributed by atoms with Crippen LogP contribution in [-0.4, -0.2) is 36.6 Å². The van der Waals surface area contributed by atoms with Crippen LogP contribution in [0.25, 0.3) is 0 Å². The summed E-state index contributed by atoms with van der Waals surface area (Å²) in [6, 6.07) is 0. The van der Waals surface area contributed by atoms with Crippen LogP contribution in [0.1, 0.15) is 13.3 Å². The monoisotopic (exact) mass is 187 g/mol. The highest BCUT2D eigenvalue weighted by Gasteiger charge is 2.32. The molecule has 0 aromatic rings. The Morgan fingerprint density at radius 2 is 1.92 bits per heavy atom. The van der Waals surface area contributed by atoms with Gasteiger partial charge in [0.05, 0.1) is 13.2 Å². The predicted octanol–water partition coefficient (Wildman–Crippen LogP) is 1.23. The molecule has 0 saturated carbocycles. The number of hydrogen-bond acceptors (Lipinski definition) is 3. The van der Waals surface area contributed by atoms with E-state index in [1.807, 2.05) is 0 Å². The molecule has 2 aliphatic heterocycles. The Morgan fingerprint density at radius 3 is 2.42 bits per heavy atom. The zero-order chi connectivity index (χ0) is 8.55. The maximum absolute atomic E-state index is 5.51. The van der Waals surface area contributed by atoms with Crippen molar-refractivity contribution in [3.8, 4) is 0 Å². The largest absolute Gasteiger partial charge is 0.381 e. The maximum atomic E-state index is 5.51. The van der Waals surface area contributed by atoms with Crippen molar-refractivity contribution in [3.05, 3.63) is 0 Å². The fourth-order valence-corrected chi connectivity index (χ4v) is 2.49. The van der Waals surface area contributed by atoms with Gasteiger partial charge >= 0.3 is 0 Å². The fourth-order valence-electron chi connectivity index (χ4n) is 2.31. The van der Waals surface area contributed by atoms with Gasteiger partial charge in [-0.3, -0.25) is 4.90 Å². The molecule has 2 aliphatic rings. The molecular formula is C9H17NOS. The predicted molar refractivity (Wildman–Crippen MR) is 52.4 cm³/mol. The minimum atomic E-state index is 0.411. The van der Waals surface area contributed by atoms with Crippen LogP contribution < -0.4 is 0 Å². The number of ether oxygens (including phenoxy) is 1. The van der Waals surface area contributed by atoms with Crippen LogP contribution in [0.15, 0.2) is 0 Å². The lowest BCUT2D eigenvalue weighted by Gasteiger charge is -2.42. The molecular weight excluding hydrogens is 170 g/mol. The summed E-state index contributed by atoms with van der Waals surface area (Å²) in [5, 5.41) is 0.411. The fraction of sp³-hybridized carbons (Fsp3) is 1.00. The Hall–Kier alpha value is 0.270. The SMILES string of the molecule is CC(S)N1CC2COCC(C2)C1. The van der Waals surface area contributed by atoms with E-state index in [-0.39, 0.29) is 0 Å². The van der Waals surface area contributed by atoms with Crippen molar-refractivity contribution in [2.75, 3.05) is 26.3 Å². The summed E-state index contributed by atoms with van der Waals surface area (Å²) >= 11 is 4.47. The van der Waals surface area contributed by atoms with Gasteiger partial charge in [-0.15, -0.1) is 0 Å². The van der Waals surface area contributed by atoms with Gasteiger partial charge in [0.2, 0.25) is 0 Å². The molecule has 0 spiro atoms. The first-order valence-electron chi connectivity index (χ1n) is 4.75. The van der Waals surface area contributed by atoms with Crippen molar-refractivity contribution in [3.63, 3.8) is 0 Å². The van der Waals surface area contributed by atoms with Gasteiger partial charge in [0.25, 0.3) is 0 Å². The minimum Gasteiger partial charge on any atom is -0.381 e. The van der Waals surface area contributed by atoms with Gasteiger partial charge in [-0.1, -0.05) is 0 Å². The zero-order valence-electron chi connectivity index (χ0n) is 7.57. The van der Waals surface area contributed by atoms with Crippen LogP contribution in [0.3, 0.4) is 0 Å². The van der Waals surface area contributed by atoms with Crippen molar-refractivity contribution in [2.45, 2.75) is 18.7 Å².